The fourth-order valence-electron chi connectivity index (χ4n) is 2.80. The lowest BCUT2D eigenvalue weighted by atomic mass is 10.1. The molecule has 0 saturated heterocycles. The average Bonchev–Trinajstić information content (AvgIpc) is 2.65. The van der Waals surface area contributed by atoms with E-state index in [0.717, 1.165) is 11.1 Å². The van der Waals surface area contributed by atoms with E-state index in [1.807, 2.05) is 30.3 Å². The highest BCUT2D eigenvalue weighted by atomic mass is 16.6. The van der Waals surface area contributed by atoms with Gasteiger partial charge in [0.2, 0.25) is 0 Å². The van der Waals surface area contributed by atoms with Gasteiger partial charge in [0, 0.05) is 11.3 Å². The van der Waals surface area contributed by atoms with Gasteiger partial charge >= 0.3 is 0 Å². The number of fused-ring (bicyclic) bond motifs is 2. The van der Waals surface area contributed by atoms with Crippen molar-refractivity contribution < 1.29 is 14.3 Å². The zero-order valence-electron chi connectivity index (χ0n) is 13.1. The molecule has 4 heteroatoms. The number of hydrogen-bond donors (Lipinski definition) is 1. The first kappa shape index (κ1) is 14.6. The van der Waals surface area contributed by atoms with E-state index >= 15 is 0 Å². The second-order valence-electron chi connectivity index (χ2n) is 5.70. The molecule has 1 heterocycles. The zero-order chi connectivity index (χ0) is 16.4. The van der Waals surface area contributed by atoms with Gasteiger partial charge in [0.1, 0.15) is 13.2 Å². The van der Waals surface area contributed by atoms with Gasteiger partial charge in [-0.1, -0.05) is 30.3 Å². The molecule has 120 valence electrons. The van der Waals surface area contributed by atoms with Crippen molar-refractivity contribution in [2.24, 2.45) is 0 Å². The summed E-state index contributed by atoms with van der Waals surface area (Å²) in [6.07, 6.45) is 0. The largest absolute Gasteiger partial charge is 0.486 e. The summed E-state index contributed by atoms with van der Waals surface area (Å²) in [7, 11) is 0. The Bertz CT molecular complexity index is 904. The number of hydrogen-bond acceptors (Lipinski definition) is 4. The third kappa shape index (κ3) is 2.91. The van der Waals surface area contributed by atoms with E-state index < -0.39 is 0 Å². The van der Waals surface area contributed by atoms with Gasteiger partial charge in [-0.2, -0.15) is 0 Å². The molecule has 24 heavy (non-hydrogen) atoms. The minimum atomic E-state index is 0.0140. The molecule has 0 unspecified atom stereocenters. The molecule has 0 aromatic heterocycles. The number of Topliss-reactive ketones (excluding diaryl/α,β-unsaturated/α-hetero) is 1. The van der Waals surface area contributed by atoms with E-state index in [9.17, 15) is 4.79 Å². The number of rotatable bonds is 4. The summed E-state index contributed by atoms with van der Waals surface area (Å²) in [5.74, 6) is 1.35. The number of ether oxygens (including phenoxy) is 2. The van der Waals surface area contributed by atoms with Gasteiger partial charge in [0.15, 0.2) is 17.3 Å². The molecule has 1 aliphatic heterocycles. The van der Waals surface area contributed by atoms with E-state index in [0.29, 0.717) is 30.3 Å². The van der Waals surface area contributed by atoms with Crippen LogP contribution in [0.2, 0.25) is 0 Å². The molecule has 0 spiro atoms. The normalized spacial score (nSPS) is 12.8. The Morgan fingerprint density at radius 2 is 1.67 bits per heavy atom. The first-order chi connectivity index (χ1) is 11.8. The third-order valence-corrected chi connectivity index (χ3v) is 4.07. The fourth-order valence-corrected chi connectivity index (χ4v) is 2.80. The molecule has 0 saturated carbocycles. The maximum atomic E-state index is 12.4. The predicted octanol–water partition coefficient (Wildman–Crippen LogP) is 3.91. The van der Waals surface area contributed by atoms with Crippen molar-refractivity contribution in [2.45, 2.75) is 0 Å². The van der Waals surface area contributed by atoms with Crippen molar-refractivity contribution >= 4 is 22.2 Å². The summed E-state index contributed by atoms with van der Waals surface area (Å²) in [5, 5.41) is 5.52. The summed E-state index contributed by atoms with van der Waals surface area (Å²) >= 11 is 0. The molecule has 3 aromatic carbocycles. The topological polar surface area (TPSA) is 47.6 Å². The number of nitrogens with one attached hydrogen (secondary N) is 1. The Hall–Kier alpha value is -3.01. The van der Waals surface area contributed by atoms with Crippen LogP contribution in [0.4, 0.5) is 5.69 Å². The first-order valence-corrected chi connectivity index (χ1v) is 7.95. The van der Waals surface area contributed by atoms with E-state index in [4.69, 9.17) is 9.47 Å². The summed E-state index contributed by atoms with van der Waals surface area (Å²) < 4.78 is 11.0. The van der Waals surface area contributed by atoms with E-state index in [1.54, 1.807) is 18.2 Å². The lowest BCUT2D eigenvalue weighted by Gasteiger charge is -2.18. The molecule has 1 aliphatic rings. The van der Waals surface area contributed by atoms with Crippen molar-refractivity contribution in [1.29, 1.82) is 0 Å². The monoisotopic (exact) mass is 319 g/mol. The molecule has 0 amide bonds. The summed E-state index contributed by atoms with van der Waals surface area (Å²) in [4.78, 5) is 12.4. The maximum Gasteiger partial charge on any atom is 0.181 e. The Morgan fingerprint density at radius 1 is 0.875 bits per heavy atom. The van der Waals surface area contributed by atoms with Gasteiger partial charge in [-0.3, -0.25) is 4.79 Å². The SMILES string of the molecule is O=C(CNc1ccc2ccccc2c1)c1ccc2c(c1)OCCO2. The molecule has 0 atom stereocenters. The van der Waals surface area contributed by atoms with Gasteiger partial charge < -0.3 is 14.8 Å². The number of ketones is 1. The van der Waals surface area contributed by atoms with Crippen LogP contribution in [0.5, 0.6) is 11.5 Å². The highest BCUT2D eigenvalue weighted by molar-refractivity contribution is 5.99. The molecule has 0 aliphatic carbocycles. The van der Waals surface area contributed by atoms with Crippen molar-refractivity contribution in [2.75, 3.05) is 25.1 Å². The summed E-state index contributed by atoms with van der Waals surface area (Å²) in [5.41, 5.74) is 1.55. The lowest BCUT2D eigenvalue weighted by molar-refractivity contribution is 0.100. The Labute approximate surface area is 140 Å². The van der Waals surface area contributed by atoms with E-state index in [2.05, 4.69) is 17.4 Å². The number of carbonyl (C=O) groups is 1. The average molecular weight is 319 g/mol. The smallest absolute Gasteiger partial charge is 0.181 e. The molecule has 0 radical (unpaired) electrons. The van der Waals surface area contributed by atoms with Crippen molar-refractivity contribution in [1.82, 2.24) is 0 Å². The number of anilines is 1. The second kappa shape index (κ2) is 6.24. The number of benzene rings is 3. The van der Waals surface area contributed by atoms with Gasteiger partial charge in [-0.05, 0) is 41.1 Å². The van der Waals surface area contributed by atoms with Crippen LogP contribution in [0.15, 0.2) is 60.7 Å². The minimum Gasteiger partial charge on any atom is -0.486 e. The van der Waals surface area contributed by atoms with Crippen LogP contribution >= 0.6 is 0 Å². The summed E-state index contributed by atoms with van der Waals surface area (Å²) in [6, 6.07) is 19.5. The Balaban J connectivity index is 1.47. The van der Waals surface area contributed by atoms with E-state index in [-0.39, 0.29) is 12.3 Å². The first-order valence-electron chi connectivity index (χ1n) is 7.95. The van der Waals surface area contributed by atoms with Crippen LogP contribution in [0, 0.1) is 0 Å². The number of carbonyl (C=O) groups excluding carboxylic acids is 1. The van der Waals surface area contributed by atoms with Crippen molar-refractivity contribution in [3.63, 3.8) is 0 Å². The lowest BCUT2D eigenvalue weighted by Crippen LogP contribution is -2.17. The predicted molar refractivity (Wildman–Crippen MR) is 94.2 cm³/mol. The molecule has 3 aromatic rings. The Morgan fingerprint density at radius 3 is 2.54 bits per heavy atom. The molecule has 4 nitrogen and oxygen atoms in total. The highest BCUT2D eigenvalue weighted by Gasteiger charge is 2.14. The van der Waals surface area contributed by atoms with Crippen LogP contribution in [-0.4, -0.2) is 25.5 Å². The zero-order valence-corrected chi connectivity index (χ0v) is 13.1. The summed E-state index contributed by atoms with van der Waals surface area (Å²) in [6.45, 7) is 1.29. The van der Waals surface area contributed by atoms with Crippen LogP contribution in [0.25, 0.3) is 10.8 Å². The highest BCUT2D eigenvalue weighted by Crippen LogP contribution is 2.30. The standard InChI is InChI=1S/C20H17NO3/c22-18(16-6-8-19-20(12-16)24-10-9-23-19)13-21-17-7-5-14-3-1-2-4-15(14)11-17/h1-8,11-12,21H,9-10,13H2. The van der Waals surface area contributed by atoms with Crippen LogP contribution < -0.4 is 14.8 Å². The van der Waals surface area contributed by atoms with Gasteiger partial charge in [0.25, 0.3) is 0 Å². The van der Waals surface area contributed by atoms with Crippen LogP contribution in [-0.2, 0) is 0 Å². The molecular formula is C20H17NO3. The maximum absolute atomic E-state index is 12.4. The van der Waals surface area contributed by atoms with Crippen molar-refractivity contribution in [3.8, 4) is 11.5 Å². The Kier molecular flexibility index (Phi) is 3.79. The van der Waals surface area contributed by atoms with Crippen LogP contribution in [0.1, 0.15) is 10.4 Å². The van der Waals surface area contributed by atoms with Gasteiger partial charge in [0.05, 0.1) is 6.54 Å². The minimum absolute atomic E-state index is 0.0140. The van der Waals surface area contributed by atoms with Gasteiger partial charge in [-0.25, -0.2) is 0 Å². The third-order valence-electron chi connectivity index (χ3n) is 4.07. The quantitative estimate of drug-likeness (QED) is 0.741. The van der Waals surface area contributed by atoms with Crippen LogP contribution in [0.3, 0.4) is 0 Å². The molecule has 0 fully saturated rings. The fraction of sp³-hybridized carbons (Fsp3) is 0.150. The van der Waals surface area contributed by atoms with Crippen molar-refractivity contribution in [3.05, 3.63) is 66.2 Å². The van der Waals surface area contributed by atoms with E-state index in [1.165, 1.54) is 5.39 Å². The molecule has 0 bridgehead atoms. The molecule has 4 rings (SSSR count). The second-order valence-corrected chi connectivity index (χ2v) is 5.70. The molecule has 1 N–H and O–H groups in total. The molecular weight excluding hydrogens is 302 g/mol. The van der Waals surface area contributed by atoms with Gasteiger partial charge in [-0.15, -0.1) is 0 Å².